The van der Waals surface area contributed by atoms with Gasteiger partial charge in [-0.15, -0.1) is 0 Å². The minimum atomic E-state index is -1.07. The normalized spacial score (nSPS) is 17.4. The van der Waals surface area contributed by atoms with Gasteiger partial charge >= 0.3 is 11.9 Å². The summed E-state index contributed by atoms with van der Waals surface area (Å²) < 4.78 is 35.8. The Hall–Kier alpha value is -3.83. The number of thioether (sulfide) groups is 2. The fourth-order valence-corrected chi connectivity index (χ4v) is 6.53. The molecule has 1 atom stereocenters. The zero-order chi connectivity index (χ0) is 38.9. The number of carboxylic acids is 2. The summed E-state index contributed by atoms with van der Waals surface area (Å²) in [6, 6.07) is 17.3. The number of pyridine rings is 2. The van der Waals surface area contributed by atoms with Crippen molar-refractivity contribution in [1.29, 1.82) is 5.26 Å². The molecule has 4 rings (SSSR count). The molecular formula is C38H49N5O10S2. The average molecular weight is 800 g/mol. The SMILES string of the molecule is N#CSc1ccc(OCCOCCSC[C@@H]2COCCN(Cc3cccc(C(=O)O)n3)CCOCCOCCN(Cc3cccc(C(=O)O)n3)CCO2)cc1. The highest BCUT2D eigenvalue weighted by Gasteiger charge is 2.16. The standard InChI is InChI=1S/C38H49N5O10S2/c39-29-55-34-9-7-32(8-10-34)53-22-21-50-23-24-54-28-33-27-51-17-13-42(25-30-3-1-5-35(40-30)37(44)45)11-15-48-19-20-49-16-12-43(14-18-52-33)26-31-4-2-6-36(41-31)38(46)47/h1-10,33H,11-28H2,(H,44,45)(H,46,47)/t33-/m0/s1. The van der Waals surface area contributed by atoms with Crippen LogP contribution in [0.1, 0.15) is 32.4 Å². The molecule has 0 spiro atoms. The molecule has 298 valence electrons. The van der Waals surface area contributed by atoms with E-state index in [0.717, 1.165) is 28.2 Å². The van der Waals surface area contributed by atoms with Gasteiger partial charge in [0, 0.05) is 55.7 Å². The van der Waals surface area contributed by atoms with E-state index < -0.39 is 11.9 Å². The van der Waals surface area contributed by atoms with E-state index in [1.807, 2.05) is 36.4 Å². The Morgan fingerprint density at radius 1 is 0.764 bits per heavy atom. The highest BCUT2D eigenvalue weighted by molar-refractivity contribution is 8.03. The minimum absolute atomic E-state index is 0.000275. The molecule has 0 unspecified atom stereocenters. The number of nitriles is 1. The van der Waals surface area contributed by atoms with E-state index >= 15 is 0 Å². The Morgan fingerprint density at radius 3 is 1.93 bits per heavy atom. The smallest absolute Gasteiger partial charge is 0.354 e. The third-order valence-corrected chi connectivity index (χ3v) is 9.74. The maximum Gasteiger partial charge on any atom is 0.354 e. The van der Waals surface area contributed by atoms with Gasteiger partial charge in [-0.25, -0.2) is 19.6 Å². The first-order valence-electron chi connectivity index (χ1n) is 18.0. The second kappa shape index (κ2) is 26.1. The van der Waals surface area contributed by atoms with Gasteiger partial charge in [0.2, 0.25) is 0 Å². The number of rotatable bonds is 16. The minimum Gasteiger partial charge on any atom is -0.491 e. The lowest BCUT2D eigenvalue weighted by Crippen LogP contribution is -2.35. The van der Waals surface area contributed by atoms with Crippen molar-refractivity contribution < 1.29 is 48.2 Å². The maximum absolute atomic E-state index is 11.5. The number of nitrogens with zero attached hydrogens (tertiary/aromatic N) is 5. The van der Waals surface area contributed by atoms with E-state index in [9.17, 15) is 19.8 Å². The Bertz CT molecular complexity index is 1620. The molecule has 1 aromatic carbocycles. The van der Waals surface area contributed by atoms with E-state index in [2.05, 4.69) is 25.2 Å². The van der Waals surface area contributed by atoms with Crippen molar-refractivity contribution in [1.82, 2.24) is 19.8 Å². The summed E-state index contributed by atoms with van der Waals surface area (Å²) in [4.78, 5) is 36.7. The van der Waals surface area contributed by atoms with Gasteiger partial charge < -0.3 is 38.6 Å². The molecule has 55 heavy (non-hydrogen) atoms. The first kappa shape index (κ1) is 43.9. The predicted octanol–water partition coefficient (Wildman–Crippen LogP) is 4.03. The number of hydrogen-bond acceptors (Lipinski definition) is 15. The van der Waals surface area contributed by atoms with Crippen LogP contribution in [0, 0.1) is 10.7 Å². The summed E-state index contributed by atoms with van der Waals surface area (Å²) in [6.07, 6.45) is -0.202. The van der Waals surface area contributed by atoms with Crippen LogP contribution in [0.3, 0.4) is 0 Å². The van der Waals surface area contributed by atoms with Gasteiger partial charge in [-0.05, 0) is 60.3 Å². The number of aromatic carboxylic acids is 2. The van der Waals surface area contributed by atoms with Crippen molar-refractivity contribution in [3.8, 4) is 11.2 Å². The number of carbonyl (C=O) groups is 2. The van der Waals surface area contributed by atoms with Gasteiger partial charge in [0.1, 0.15) is 29.1 Å². The lowest BCUT2D eigenvalue weighted by atomic mass is 10.3. The number of hydrogen-bond donors (Lipinski definition) is 2. The van der Waals surface area contributed by atoms with Crippen LogP contribution >= 0.6 is 23.5 Å². The van der Waals surface area contributed by atoms with E-state index in [1.54, 1.807) is 23.9 Å². The Balaban J connectivity index is 1.29. The van der Waals surface area contributed by atoms with Crippen molar-refractivity contribution in [2.45, 2.75) is 24.1 Å². The summed E-state index contributed by atoms with van der Waals surface area (Å²) in [5.41, 5.74) is 1.30. The van der Waals surface area contributed by atoms with E-state index in [-0.39, 0.29) is 17.5 Å². The summed E-state index contributed by atoms with van der Waals surface area (Å²) in [6.45, 7) is 7.54. The lowest BCUT2D eigenvalue weighted by molar-refractivity contribution is -0.0238. The zero-order valence-electron chi connectivity index (χ0n) is 30.8. The summed E-state index contributed by atoms with van der Waals surface area (Å²) in [5, 5.41) is 29.6. The highest BCUT2D eigenvalue weighted by Crippen LogP contribution is 2.20. The maximum atomic E-state index is 11.5. The first-order valence-corrected chi connectivity index (χ1v) is 20.0. The van der Waals surface area contributed by atoms with Crippen LogP contribution < -0.4 is 4.74 Å². The molecule has 1 aliphatic rings. The molecule has 2 N–H and O–H groups in total. The van der Waals surface area contributed by atoms with Crippen molar-refractivity contribution in [3.63, 3.8) is 0 Å². The number of carboxylic acid groups (broad SMARTS) is 2. The van der Waals surface area contributed by atoms with Crippen LogP contribution in [0.5, 0.6) is 5.75 Å². The van der Waals surface area contributed by atoms with Crippen molar-refractivity contribution in [2.24, 2.45) is 0 Å². The van der Waals surface area contributed by atoms with Crippen molar-refractivity contribution in [2.75, 3.05) is 104 Å². The number of benzene rings is 1. The number of thiocyanates is 1. The number of ether oxygens (including phenoxy) is 6. The lowest BCUT2D eigenvalue weighted by Gasteiger charge is -2.25. The molecule has 0 saturated carbocycles. The third-order valence-electron chi connectivity index (χ3n) is 8.07. The molecule has 0 amide bonds. The molecule has 0 radical (unpaired) electrons. The Labute approximate surface area is 330 Å². The van der Waals surface area contributed by atoms with Gasteiger partial charge in [-0.2, -0.15) is 17.0 Å². The van der Waals surface area contributed by atoms with Crippen LogP contribution in [-0.4, -0.2) is 152 Å². The molecule has 0 bridgehead atoms. The van der Waals surface area contributed by atoms with Gasteiger partial charge in [0.15, 0.2) is 0 Å². The predicted molar refractivity (Wildman–Crippen MR) is 207 cm³/mol. The molecule has 17 heteroatoms. The van der Waals surface area contributed by atoms with E-state index in [0.29, 0.717) is 122 Å². The molecule has 2 aromatic heterocycles. The van der Waals surface area contributed by atoms with Gasteiger partial charge in [-0.3, -0.25) is 9.80 Å². The first-order chi connectivity index (χ1) is 26.9. The molecule has 15 nitrogen and oxygen atoms in total. The van der Waals surface area contributed by atoms with Crippen LogP contribution in [0.4, 0.5) is 0 Å². The monoisotopic (exact) mass is 799 g/mol. The molecule has 1 aliphatic heterocycles. The van der Waals surface area contributed by atoms with Crippen LogP contribution in [0.2, 0.25) is 0 Å². The molecule has 3 heterocycles. The fraction of sp³-hybridized carbons (Fsp3) is 0.500. The Kier molecular flexibility index (Phi) is 20.8. The molecular weight excluding hydrogens is 751 g/mol. The van der Waals surface area contributed by atoms with Crippen molar-refractivity contribution in [3.05, 3.63) is 83.4 Å². The third kappa shape index (κ3) is 18.1. The second-order valence-electron chi connectivity index (χ2n) is 12.2. The molecule has 0 aliphatic carbocycles. The Morgan fingerprint density at radius 2 is 1.35 bits per heavy atom. The van der Waals surface area contributed by atoms with Gasteiger partial charge in [0.05, 0.1) is 77.0 Å². The van der Waals surface area contributed by atoms with E-state index in [4.69, 9.17) is 33.7 Å². The van der Waals surface area contributed by atoms with Crippen LogP contribution in [0.15, 0.2) is 65.6 Å². The zero-order valence-corrected chi connectivity index (χ0v) is 32.4. The van der Waals surface area contributed by atoms with Crippen LogP contribution in [0.25, 0.3) is 0 Å². The second-order valence-corrected chi connectivity index (χ2v) is 14.2. The van der Waals surface area contributed by atoms with Gasteiger partial charge in [0.25, 0.3) is 0 Å². The summed E-state index contributed by atoms with van der Waals surface area (Å²) in [7, 11) is 0. The summed E-state index contributed by atoms with van der Waals surface area (Å²) in [5.74, 6) is 0.0189. The highest BCUT2D eigenvalue weighted by atomic mass is 32.2. The topological polar surface area (TPSA) is 186 Å². The molecule has 1 fully saturated rings. The molecule has 3 aromatic rings. The van der Waals surface area contributed by atoms with Crippen molar-refractivity contribution >= 4 is 35.5 Å². The summed E-state index contributed by atoms with van der Waals surface area (Å²) >= 11 is 2.81. The quantitative estimate of drug-likeness (QED) is 0.120. The van der Waals surface area contributed by atoms with E-state index in [1.165, 1.54) is 12.1 Å². The number of aromatic nitrogens is 2. The van der Waals surface area contributed by atoms with Gasteiger partial charge in [-0.1, -0.05) is 12.1 Å². The van der Waals surface area contributed by atoms with Crippen LogP contribution in [-0.2, 0) is 36.8 Å². The average Bonchev–Trinajstić information content (AvgIpc) is 3.18. The fourth-order valence-electron chi connectivity index (χ4n) is 5.29. The molecule has 1 saturated heterocycles. The largest absolute Gasteiger partial charge is 0.491 e.